The van der Waals surface area contributed by atoms with Gasteiger partial charge in [0.25, 0.3) is 5.91 Å². The summed E-state index contributed by atoms with van der Waals surface area (Å²) in [5, 5.41) is 14.3. The Labute approximate surface area is 145 Å². The quantitative estimate of drug-likeness (QED) is 0.588. The summed E-state index contributed by atoms with van der Waals surface area (Å²) in [4.78, 5) is 22.7. The van der Waals surface area contributed by atoms with Crippen LogP contribution in [0.5, 0.6) is 0 Å². The first-order chi connectivity index (χ1) is 11.4. The van der Waals surface area contributed by atoms with Crippen molar-refractivity contribution < 1.29 is 14.7 Å². The van der Waals surface area contributed by atoms with E-state index in [1.54, 1.807) is 42.5 Å². The maximum absolute atomic E-state index is 12.1. The molecule has 6 heteroatoms. The lowest BCUT2D eigenvalue weighted by molar-refractivity contribution is -0.131. The van der Waals surface area contributed by atoms with Crippen LogP contribution in [-0.2, 0) is 4.79 Å². The molecule has 2 rings (SSSR count). The highest BCUT2D eigenvalue weighted by molar-refractivity contribution is 7.80. The highest BCUT2D eigenvalue weighted by Gasteiger charge is 2.08. The molecule has 0 radical (unpaired) electrons. The molecule has 0 saturated carbocycles. The van der Waals surface area contributed by atoms with Crippen LogP contribution in [0.15, 0.2) is 54.6 Å². The number of hydrogen-bond donors (Lipinski definition) is 3. The number of aryl methyl sites for hydroxylation is 1. The van der Waals surface area contributed by atoms with Crippen LogP contribution in [0.4, 0.5) is 5.69 Å². The van der Waals surface area contributed by atoms with Crippen molar-refractivity contribution in [1.29, 1.82) is 0 Å². The molecule has 0 aliphatic heterocycles. The summed E-state index contributed by atoms with van der Waals surface area (Å²) in [5.41, 5.74) is 2.86. The van der Waals surface area contributed by atoms with Crippen molar-refractivity contribution in [3.63, 3.8) is 0 Å². The molecule has 2 aromatic carbocycles. The molecule has 0 fully saturated rings. The fraction of sp³-hybridized carbons (Fsp3) is 0.0556. The van der Waals surface area contributed by atoms with Crippen molar-refractivity contribution in [1.82, 2.24) is 5.32 Å². The lowest BCUT2D eigenvalue weighted by Crippen LogP contribution is -2.34. The molecule has 0 bridgehead atoms. The van der Waals surface area contributed by atoms with Crippen LogP contribution in [0.25, 0.3) is 6.08 Å². The summed E-state index contributed by atoms with van der Waals surface area (Å²) >= 11 is 5.14. The topological polar surface area (TPSA) is 78.4 Å². The van der Waals surface area contributed by atoms with Crippen molar-refractivity contribution in [2.45, 2.75) is 6.92 Å². The molecule has 0 unspecified atom stereocenters. The fourth-order valence-electron chi connectivity index (χ4n) is 2.01. The van der Waals surface area contributed by atoms with E-state index in [-0.39, 0.29) is 11.0 Å². The smallest absolute Gasteiger partial charge is 0.328 e. The van der Waals surface area contributed by atoms with Crippen LogP contribution >= 0.6 is 12.2 Å². The Kier molecular flexibility index (Phi) is 5.81. The number of carbonyl (C=O) groups excluding carboxylic acids is 1. The van der Waals surface area contributed by atoms with Crippen molar-refractivity contribution in [2.24, 2.45) is 0 Å². The van der Waals surface area contributed by atoms with E-state index in [1.165, 1.54) is 6.08 Å². The highest BCUT2D eigenvalue weighted by atomic mass is 32.1. The Balaban J connectivity index is 2.01. The number of carboxylic acid groups (broad SMARTS) is 1. The number of nitrogens with one attached hydrogen (secondary N) is 2. The Morgan fingerprint density at radius 3 is 2.58 bits per heavy atom. The number of carbonyl (C=O) groups is 2. The van der Waals surface area contributed by atoms with Crippen molar-refractivity contribution in [3.8, 4) is 0 Å². The second kappa shape index (κ2) is 8.03. The summed E-state index contributed by atoms with van der Waals surface area (Å²) < 4.78 is 0. The first-order valence-electron chi connectivity index (χ1n) is 7.14. The van der Waals surface area contributed by atoms with E-state index in [9.17, 15) is 9.59 Å². The lowest BCUT2D eigenvalue weighted by Gasteiger charge is -2.10. The predicted octanol–water partition coefficient (Wildman–Crippen LogP) is 3.22. The Bertz CT molecular complexity index is 815. The van der Waals surface area contributed by atoms with Gasteiger partial charge in [-0.2, -0.15) is 0 Å². The third-order valence-electron chi connectivity index (χ3n) is 3.07. The largest absolute Gasteiger partial charge is 0.478 e. The molecule has 0 aliphatic carbocycles. The van der Waals surface area contributed by atoms with E-state index in [2.05, 4.69) is 10.6 Å². The van der Waals surface area contributed by atoms with E-state index in [0.717, 1.165) is 11.6 Å². The summed E-state index contributed by atoms with van der Waals surface area (Å²) in [7, 11) is 0. The summed E-state index contributed by atoms with van der Waals surface area (Å²) in [6.07, 6.45) is 2.53. The van der Waals surface area contributed by atoms with Gasteiger partial charge in [-0.1, -0.05) is 29.8 Å². The molecule has 5 nitrogen and oxygen atoms in total. The van der Waals surface area contributed by atoms with Gasteiger partial charge in [-0.15, -0.1) is 0 Å². The van der Waals surface area contributed by atoms with Gasteiger partial charge in [0, 0.05) is 17.3 Å². The van der Waals surface area contributed by atoms with Gasteiger partial charge >= 0.3 is 5.97 Å². The number of amides is 1. The Morgan fingerprint density at radius 2 is 1.88 bits per heavy atom. The molecule has 1 amide bonds. The van der Waals surface area contributed by atoms with Gasteiger partial charge < -0.3 is 10.4 Å². The van der Waals surface area contributed by atoms with E-state index in [0.29, 0.717) is 16.8 Å². The van der Waals surface area contributed by atoms with Crippen LogP contribution in [-0.4, -0.2) is 22.1 Å². The standard InChI is InChI=1S/C18H16N2O3S/c1-12-4-2-6-14(10-12)17(23)20-18(24)19-15-7-3-5-13(11-15)8-9-16(21)22/h2-11H,1H3,(H,21,22)(H2,19,20,23,24)/b9-8+. The summed E-state index contributed by atoms with van der Waals surface area (Å²) in [6.45, 7) is 1.91. The number of thiocarbonyl (C=S) groups is 1. The lowest BCUT2D eigenvalue weighted by atomic mass is 10.1. The second-order valence-corrected chi connectivity index (χ2v) is 5.48. The van der Waals surface area contributed by atoms with Gasteiger partial charge in [0.05, 0.1) is 0 Å². The number of carboxylic acids is 1. The normalized spacial score (nSPS) is 10.4. The predicted molar refractivity (Wildman–Crippen MR) is 98.0 cm³/mol. The average molecular weight is 340 g/mol. The van der Waals surface area contributed by atoms with Gasteiger partial charge in [0.15, 0.2) is 5.11 Å². The number of anilines is 1. The Morgan fingerprint density at radius 1 is 1.12 bits per heavy atom. The average Bonchev–Trinajstić information content (AvgIpc) is 2.53. The maximum Gasteiger partial charge on any atom is 0.328 e. The molecule has 0 spiro atoms. The van der Waals surface area contributed by atoms with E-state index >= 15 is 0 Å². The van der Waals surface area contributed by atoms with Gasteiger partial charge in [0.1, 0.15) is 0 Å². The summed E-state index contributed by atoms with van der Waals surface area (Å²) in [5.74, 6) is -1.31. The number of rotatable bonds is 4. The fourth-order valence-corrected chi connectivity index (χ4v) is 2.22. The number of hydrogen-bond acceptors (Lipinski definition) is 3. The van der Waals surface area contributed by atoms with E-state index < -0.39 is 5.97 Å². The molecule has 0 aromatic heterocycles. The third-order valence-corrected chi connectivity index (χ3v) is 3.27. The molecular formula is C18H16N2O3S. The van der Waals surface area contributed by atoms with Crippen LogP contribution < -0.4 is 10.6 Å². The first kappa shape index (κ1) is 17.4. The molecular weight excluding hydrogens is 324 g/mol. The SMILES string of the molecule is Cc1cccc(C(=O)NC(=S)Nc2cccc(/C=C/C(=O)O)c2)c1. The molecule has 3 N–H and O–H groups in total. The zero-order valence-electron chi connectivity index (χ0n) is 12.9. The van der Waals surface area contributed by atoms with Crippen LogP contribution in [0.3, 0.4) is 0 Å². The molecule has 0 atom stereocenters. The van der Waals surface area contributed by atoms with E-state index in [1.807, 2.05) is 13.0 Å². The molecule has 0 aliphatic rings. The van der Waals surface area contributed by atoms with Crippen molar-refractivity contribution in [3.05, 3.63) is 71.3 Å². The second-order valence-electron chi connectivity index (χ2n) is 5.07. The van der Waals surface area contributed by atoms with Gasteiger partial charge in [-0.25, -0.2) is 4.79 Å². The van der Waals surface area contributed by atoms with Gasteiger partial charge in [-0.05, 0) is 55.0 Å². The number of benzene rings is 2. The van der Waals surface area contributed by atoms with Crippen LogP contribution in [0, 0.1) is 6.92 Å². The molecule has 122 valence electrons. The monoisotopic (exact) mass is 340 g/mol. The first-order valence-corrected chi connectivity index (χ1v) is 7.55. The molecule has 2 aromatic rings. The zero-order valence-corrected chi connectivity index (χ0v) is 13.8. The zero-order chi connectivity index (χ0) is 17.5. The van der Waals surface area contributed by atoms with Crippen molar-refractivity contribution >= 4 is 41.0 Å². The highest BCUT2D eigenvalue weighted by Crippen LogP contribution is 2.12. The van der Waals surface area contributed by atoms with Crippen molar-refractivity contribution in [2.75, 3.05) is 5.32 Å². The third kappa shape index (κ3) is 5.33. The summed E-state index contributed by atoms with van der Waals surface area (Å²) in [6, 6.07) is 14.2. The van der Waals surface area contributed by atoms with Crippen LogP contribution in [0.1, 0.15) is 21.5 Å². The minimum atomic E-state index is -1.02. The van der Waals surface area contributed by atoms with Crippen LogP contribution in [0.2, 0.25) is 0 Å². The van der Waals surface area contributed by atoms with Gasteiger partial charge in [0.2, 0.25) is 0 Å². The molecule has 0 saturated heterocycles. The minimum Gasteiger partial charge on any atom is -0.478 e. The molecule has 0 heterocycles. The maximum atomic E-state index is 12.1. The Hall–Kier alpha value is -2.99. The van der Waals surface area contributed by atoms with E-state index in [4.69, 9.17) is 17.3 Å². The number of aliphatic carboxylic acids is 1. The molecule has 24 heavy (non-hydrogen) atoms. The van der Waals surface area contributed by atoms with Gasteiger partial charge in [-0.3, -0.25) is 10.1 Å². The minimum absolute atomic E-state index is 0.167.